The fourth-order valence-corrected chi connectivity index (χ4v) is 5.86. The van der Waals surface area contributed by atoms with Crippen LogP contribution < -0.4 is 16.0 Å². The third kappa shape index (κ3) is 7.20. The molecule has 11 nitrogen and oxygen atoms in total. The van der Waals surface area contributed by atoms with E-state index in [1.165, 1.54) is 7.05 Å². The van der Waals surface area contributed by atoms with Crippen molar-refractivity contribution in [2.24, 2.45) is 11.8 Å². The second kappa shape index (κ2) is 12.2. The van der Waals surface area contributed by atoms with Crippen molar-refractivity contribution in [3.63, 3.8) is 0 Å². The molecule has 3 fully saturated rings. The summed E-state index contributed by atoms with van der Waals surface area (Å²) >= 11 is 0. The van der Waals surface area contributed by atoms with Gasteiger partial charge in [-0.3, -0.25) is 9.59 Å². The topological polar surface area (TPSA) is 129 Å². The molecule has 1 aromatic rings. The Kier molecular flexibility index (Phi) is 8.99. The van der Waals surface area contributed by atoms with Crippen LogP contribution in [0.3, 0.4) is 0 Å². The van der Waals surface area contributed by atoms with Gasteiger partial charge in [0.05, 0.1) is 19.0 Å². The number of fused-ring (bicyclic) bond motifs is 1. The van der Waals surface area contributed by atoms with Gasteiger partial charge in [0.15, 0.2) is 0 Å². The first-order valence-electron chi connectivity index (χ1n) is 13.9. The second-order valence-corrected chi connectivity index (χ2v) is 11.7. The predicted octanol–water partition coefficient (Wildman–Crippen LogP) is 3.27. The highest BCUT2D eigenvalue weighted by Crippen LogP contribution is 2.34. The number of likely N-dealkylation sites (tertiary alicyclic amines) is 1. The maximum atomic E-state index is 14.0. The Morgan fingerprint density at radius 3 is 2.41 bits per heavy atom. The number of benzene rings is 1. The molecule has 0 aromatic heterocycles. The van der Waals surface area contributed by atoms with Crippen molar-refractivity contribution in [2.75, 3.05) is 25.5 Å². The summed E-state index contributed by atoms with van der Waals surface area (Å²) in [6.45, 7) is 6.11. The molecule has 4 amide bonds. The fraction of sp³-hybridized carbons (Fsp3) is 0.643. The van der Waals surface area contributed by atoms with Crippen molar-refractivity contribution < 1.29 is 28.8 Å². The molecule has 3 N–H and O–H groups in total. The predicted molar refractivity (Wildman–Crippen MR) is 144 cm³/mol. The molecule has 2 heterocycles. The van der Waals surface area contributed by atoms with E-state index in [4.69, 9.17) is 9.57 Å². The highest BCUT2D eigenvalue weighted by molar-refractivity contribution is 5.94. The minimum Gasteiger partial charge on any atom is -0.442 e. The van der Waals surface area contributed by atoms with Crippen molar-refractivity contribution in [2.45, 2.75) is 83.0 Å². The number of hydrogen-bond donors (Lipinski definition) is 3. The van der Waals surface area contributed by atoms with E-state index in [2.05, 4.69) is 16.0 Å². The lowest BCUT2D eigenvalue weighted by Gasteiger charge is -2.36. The number of carbonyl (C=O) groups is 4. The average molecular weight is 544 g/mol. The van der Waals surface area contributed by atoms with Crippen LogP contribution in [0.15, 0.2) is 30.3 Å². The number of para-hydroxylation sites is 1. The lowest BCUT2D eigenvalue weighted by atomic mass is 9.83. The van der Waals surface area contributed by atoms with E-state index in [0.717, 1.165) is 43.6 Å². The Morgan fingerprint density at radius 2 is 1.74 bits per heavy atom. The first kappa shape index (κ1) is 28.7. The third-order valence-electron chi connectivity index (χ3n) is 7.66. The Morgan fingerprint density at radius 1 is 1.05 bits per heavy atom. The summed E-state index contributed by atoms with van der Waals surface area (Å²) in [5.41, 5.74) is -0.0445. The van der Waals surface area contributed by atoms with Crippen LogP contribution in [0.2, 0.25) is 0 Å². The second-order valence-electron chi connectivity index (χ2n) is 11.7. The minimum absolute atomic E-state index is 0.0118. The summed E-state index contributed by atoms with van der Waals surface area (Å²) in [4.78, 5) is 59.3. The summed E-state index contributed by atoms with van der Waals surface area (Å²) in [5, 5.41) is 9.86. The number of carbonyl (C=O) groups excluding carboxylic acids is 4. The van der Waals surface area contributed by atoms with Gasteiger partial charge < -0.3 is 30.4 Å². The lowest BCUT2D eigenvalue weighted by Crippen LogP contribution is -2.56. The number of ether oxygens (including phenoxy) is 1. The molecule has 2 saturated heterocycles. The van der Waals surface area contributed by atoms with Crippen molar-refractivity contribution in [1.82, 2.24) is 20.6 Å². The zero-order valence-electron chi connectivity index (χ0n) is 23.3. The first-order valence-corrected chi connectivity index (χ1v) is 13.9. The highest BCUT2D eigenvalue weighted by Gasteiger charge is 2.50. The molecule has 11 heteroatoms. The van der Waals surface area contributed by atoms with Crippen LogP contribution in [0.25, 0.3) is 0 Å². The van der Waals surface area contributed by atoms with Crippen LogP contribution in [0.4, 0.5) is 15.3 Å². The van der Waals surface area contributed by atoms with E-state index in [1.54, 1.807) is 25.7 Å². The quantitative estimate of drug-likeness (QED) is 0.486. The molecule has 0 spiro atoms. The molecule has 1 aromatic carbocycles. The summed E-state index contributed by atoms with van der Waals surface area (Å²) < 4.78 is 5.24. The van der Waals surface area contributed by atoms with Crippen LogP contribution in [0, 0.1) is 11.8 Å². The zero-order valence-corrected chi connectivity index (χ0v) is 23.3. The van der Waals surface area contributed by atoms with Crippen molar-refractivity contribution in [3.05, 3.63) is 30.3 Å². The van der Waals surface area contributed by atoms with E-state index in [-0.39, 0.29) is 29.8 Å². The number of hydroxylamine groups is 2. The molecular weight excluding hydrogens is 502 g/mol. The molecule has 4 unspecified atom stereocenters. The van der Waals surface area contributed by atoms with E-state index in [9.17, 15) is 19.2 Å². The third-order valence-corrected chi connectivity index (χ3v) is 7.66. The Hall–Kier alpha value is -3.34. The van der Waals surface area contributed by atoms with E-state index < -0.39 is 29.7 Å². The van der Waals surface area contributed by atoms with Gasteiger partial charge in [0.1, 0.15) is 11.6 Å². The first-order chi connectivity index (χ1) is 18.5. The van der Waals surface area contributed by atoms with Crippen LogP contribution in [-0.4, -0.2) is 77.8 Å². The van der Waals surface area contributed by atoms with Crippen molar-refractivity contribution in [3.8, 4) is 0 Å². The van der Waals surface area contributed by atoms with Crippen LogP contribution >= 0.6 is 0 Å². The molecular formula is C28H41N5O6. The zero-order chi connectivity index (χ0) is 28.2. The number of nitrogens with zero attached hydrogens (tertiary/aromatic N) is 2. The van der Waals surface area contributed by atoms with Gasteiger partial charge in [0.25, 0.3) is 0 Å². The number of rotatable bonds is 5. The maximum absolute atomic E-state index is 14.0. The summed E-state index contributed by atoms with van der Waals surface area (Å²) in [6.07, 6.45) is 3.65. The number of anilines is 1. The van der Waals surface area contributed by atoms with E-state index in [0.29, 0.717) is 18.8 Å². The standard InChI is InChI=1S/C28H41N5O6/c1-28(2,3)38-27(37)32(4)39-26(36)31-22(18-11-7-5-8-12-18)25(35)33-16-15-21-23(33)20(17-29-21)24(34)30-19-13-9-6-10-14-19/h6,9-10,13-14,18,20-23,29H,5,7-8,11-12,15-17H2,1-4H3,(H,30,34)(H,31,36). The van der Waals surface area contributed by atoms with Crippen LogP contribution in [0.1, 0.15) is 59.3 Å². The van der Waals surface area contributed by atoms with Gasteiger partial charge in [-0.15, -0.1) is 5.06 Å². The molecule has 3 aliphatic rings. The van der Waals surface area contributed by atoms with Gasteiger partial charge in [0, 0.05) is 24.8 Å². The highest BCUT2D eigenvalue weighted by atomic mass is 16.8. The Balaban J connectivity index is 1.46. The molecule has 4 rings (SSSR count). The van der Waals surface area contributed by atoms with Gasteiger partial charge in [0.2, 0.25) is 11.8 Å². The summed E-state index contributed by atoms with van der Waals surface area (Å²) in [5.74, 6) is -0.830. The summed E-state index contributed by atoms with van der Waals surface area (Å²) in [6, 6.07) is 8.15. The smallest absolute Gasteiger partial charge is 0.442 e. The SMILES string of the molecule is CN(OC(=O)NC(C(=O)N1CCC2NCC(C(=O)Nc3ccccc3)C21)C1CCCCC1)C(=O)OC(C)(C)C. The largest absolute Gasteiger partial charge is 0.443 e. The minimum atomic E-state index is -0.897. The average Bonchev–Trinajstić information content (AvgIpc) is 3.49. The van der Waals surface area contributed by atoms with Gasteiger partial charge in [-0.05, 0) is 58.1 Å². The van der Waals surface area contributed by atoms with Crippen LogP contribution in [-0.2, 0) is 19.2 Å². The van der Waals surface area contributed by atoms with Gasteiger partial charge in [-0.2, -0.15) is 0 Å². The molecule has 0 bridgehead atoms. The number of nitrogens with one attached hydrogen (secondary N) is 3. The van der Waals surface area contributed by atoms with Crippen molar-refractivity contribution in [1.29, 1.82) is 0 Å². The number of hydrogen-bond acceptors (Lipinski definition) is 7. The van der Waals surface area contributed by atoms with Gasteiger partial charge in [-0.1, -0.05) is 37.5 Å². The Labute approximate surface area is 229 Å². The molecule has 1 aliphatic carbocycles. The van der Waals surface area contributed by atoms with E-state index >= 15 is 0 Å². The fourth-order valence-electron chi connectivity index (χ4n) is 5.86. The van der Waals surface area contributed by atoms with Gasteiger partial charge >= 0.3 is 12.2 Å². The monoisotopic (exact) mass is 543 g/mol. The number of amides is 4. The molecule has 1 saturated carbocycles. The summed E-state index contributed by atoms with van der Waals surface area (Å²) in [7, 11) is 1.29. The molecule has 4 atom stereocenters. The molecule has 2 aliphatic heterocycles. The van der Waals surface area contributed by atoms with Crippen molar-refractivity contribution >= 4 is 29.7 Å². The lowest BCUT2D eigenvalue weighted by molar-refractivity contribution is -0.138. The van der Waals surface area contributed by atoms with Gasteiger partial charge in [-0.25, -0.2) is 9.59 Å². The molecule has 0 radical (unpaired) electrons. The normalized spacial score (nSPS) is 23.9. The van der Waals surface area contributed by atoms with E-state index in [1.807, 2.05) is 30.3 Å². The Bertz CT molecular complexity index is 1040. The maximum Gasteiger partial charge on any atom is 0.443 e. The van der Waals surface area contributed by atoms with Crippen LogP contribution in [0.5, 0.6) is 0 Å². The molecule has 39 heavy (non-hydrogen) atoms. The molecule has 214 valence electrons.